The zero-order chi connectivity index (χ0) is 20.7. The van der Waals surface area contributed by atoms with E-state index in [0.29, 0.717) is 5.90 Å². The normalized spacial score (nSPS) is 46.1. The Morgan fingerprint density at radius 1 is 1.11 bits per heavy atom. The highest BCUT2D eigenvalue weighted by Crippen LogP contribution is 2.34. The average Bonchev–Trinajstić information content (AvgIpc) is 3.07. The Hall–Kier alpha value is -1.38. The molecule has 10 atom stereocenters. The van der Waals surface area contributed by atoms with E-state index in [-0.39, 0.29) is 5.92 Å². The highest BCUT2D eigenvalue weighted by molar-refractivity contribution is 5.80. The first-order chi connectivity index (χ1) is 13.1. The second-order valence-electron chi connectivity index (χ2n) is 7.28. The second-order valence-corrected chi connectivity index (χ2v) is 7.28. The topological polar surface area (TPSA) is 188 Å². The molecular weight excluding hydrogens is 382 g/mol. The molecule has 12 nitrogen and oxygen atoms in total. The lowest BCUT2D eigenvalue weighted by molar-refractivity contribution is -0.331. The van der Waals surface area contributed by atoms with Gasteiger partial charge < -0.3 is 49.6 Å². The van der Waals surface area contributed by atoms with Crippen LogP contribution in [0, 0.1) is 5.92 Å². The van der Waals surface area contributed by atoms with E-state index < -0.39 is 73.9 Å². The van der Waals surface area contributed by atoms with Crippen molar-refractivity contribution in [2.24, 2.45) is 10.9 Å². The summed E-state index contributed by atoms with van der Waals surface area (Å²) in [6, 6.07) is -0.877. The molecule has 0 bridgehead atoms. The van der Waals surface area contributed by atoms with Gasteiger partial charge in [-0.3, -0.25) is 0 Å². The van der Waals surface area contributed by atoms with Crippen LogP contribution in [0.1, 0.15) is 13.8 Å². The third-order valence-corrected chi connectivity index (χ3v) is 4.93. The van der Waals surface area contributed by atoms with Gasteiger partial charge in [0, 0.05) is 5.92 Å². The Bertz CT molecular complexity index is 613. The van der Waals surface area contributed by atoms with Crippen molar-refractivity contribution >= 4 is 11.9 Å². The van der Waals surface area contributed by atoms with Crippen LogP contribution in [-0.2, 0) is 23.7 Å². The van der Waals surface area contributed by atoms with Crippen LogP contribution in [0.3, 0.4) is 0 Å². The highest BCUT2D eigenvalue weighted by atomic mass is 16.7. The van der Waals surface area contributed by atoms with Crippen LogP contribution < -0.4 is 0 Å². The van der Waals surface area contributed by atoms with Crippen molar-refractivity contribution in [2.45, 2.75) is 75.2 Å². The first-order valence-electron chi connectivity index (χ1n) is 8.92. The monoisotopic (exact) mass is 407 g/mol. The first-order valence-corrected chi connectivity index (χ1v) is 8.92. The maximum absolute atomic E-state index is 11.2. The number of ether oxygens (including phenoxy) is 4. The number of hydrogen-bond acceptors (Lipinski definition) is 11. The second kappa shape index (κ2) is 8.16. The quantitative estimate of drug-likeness (QED) is 0.269. The highest BCUT2D eigenvalue weighted by Gasteiger charge is 2.54. The van der Waals surface area contributed by atoms with Crippen molar-refractivity contribution < 1.29 is 54.4 Å². The van der Waals surface area contributed by atoms with Gasteiger partial charge in [0.2, 0.25) is 6.29 Å². The smallest absolute Gasteiger partial charge is 0.335 e. The van der Waals surface area contributed by atoms with Crippen LogP contribution in [0.4, 0.5) is 0 Å². The van der Waals surface area contributed by atoms with Crippen molar-refractivity contribution in [2.75, 3.05) is 6.61 Å². The van der Waals surface area contributed by atoms with E-state index in [2.05, 4.69) is 4.99 Å². The van der Waals surface area contributed by atoms with Crippen LogP contribution in [0.5, 0.6) is 0 Å². The van der Waals surface area contributed by atoms with E-state index in [9.17, 15) is 30.3 Å². The Kier molecular flexibility index (Phi) is 6.22. The summed E-state index contributed by atoms with van der Waals surface area (Å²) in [6.07, 6.45) is -13.7. The van der Waals surface area contributed by atoms with E-state index >= 15 is 0 Å². The van der Waals surface area contributed by atoms with E-state index in [4.69, 9.17) is 24.1 Å². The Balaban J connectivity index is 1.83. The minimum atomic E-state index is -1.87. The van der Waals surface area contributed by atoms with Gasteiger partial charge in [-0.05, 0) is 0 Å². The first kappa shape index (κ1) is 21.3. The van der Waals surface area contributed by atoms with Gasteiger partial charge in [-0.15, -0.1) is 0 Å². The molecule has 0 spiro atoms. The number of aliphatic hydroxyl groups excluding tert-OH is 5. The van der Waals surface area contributed by atoms with E-state index in [1.165, 1.54) is 0 Å². The number of nitrogens with zero attached hydrogens (tertiary/aromatic N) is 1. The fourth-order valence-electron chi connectivity index (χ4n) is 3.35. The molecule has 6 N–H and O–H groups in total. The number of fused-ring (bicyclic) bond motifs is 1. The summed E-state index contributed by atoms with van der Waals surface area (Å²) < 4.78 is 21.8. The number of aliphatic imine (C=N–C) groups is 1. The molecule has 0 aliphatic carbocycles. The summed E-state index contributed by atoms with van der Waals surface area (Å²) in [5.41, 5.74) is 0. The number of aliphatic hydroxyl groups is 5. The molecule has 3 aliphatic rings. The van der Waals surface area contributed by atoms with Gasteiger partial charge in [-0.2, -0.15) is 0 Å². The maximum atomic E-state index is 11.2. The third kappa shape index (κ3) is 3.74. The molecule has 0 amide bonds. The zero-order valence-corrected chi connectivity index (χ0v) is 15.2. The van der Waals surface area contributed by atoms with Gasteiger partial charge >= 0.3 is 5.97 Å². The zero-order valence-electron chi connectivity index (χ0n) is 15.2. The number of hydrogen-bond donors (Lipinski definition) is 6. The summed E-state index contributed by atoms with van der Waals surface area (Å²) >= 11 is 0. The van der Waals surface area contributed by atoms with Gasteiger partial charge in [0.15, 0.2) is 18.3 Å². The van der Waals surface area contributed by atoms with E-state index in [1.54, 1.807) is 0 Å². The largest absolute Gasteiger partial charge is 0.479 e. The standard InChI is InChI=1S/C16H25NO11/c1-4(2)13-17-6-11(7(19)5(3-18)25-15(6)28-13)26-16-10(22)8(20)9(21)12(27-16)14(23)24/h4-12,15-16,18-22H,3H2,1-2H3,(H,23,24)/t5-,6+,7-,8+,9+,10-,11-,12+,15+,16-/m1/s1. The van der Waals surface area contributed by atoms with Crippen molar-refractivity contribution in [1.82, 2.24) is 0 Å². The van der Waals surface area contributed by atoms with Gasteiger partial charge in [0.25, 0.3) is 0 Å². The number of rotatable bonds is 5. The summed E-state index contributed by atoms with van der Waals surface area (Å²) in [6.45, 7) is 3.10. The fourth-order valence-corrected chi connectivity index (χ4v) is 3.35. The molecule has 0 aromatic rings. The van der Waals surface area contributed by atoms with Gasteiger partial charge in [0.05, 0.1) is 6.61 Å². The molecule has 3 rings (SSSR count). The summed E-state index contributed by atoms with van der Waals surface area (Å²) in [5.74, 6) is -1.31. The molecule has 0 aromatic heterocycles. The van der Waals surface area contributed by atoms with Crippen LogP contribution in [0.25, 0.3) is 0 Å². The molecule has 28 heavy (non-hydrogen) atoms. The summed E-state index contributed by atoms with van der Waals surface area (Å²) in [4.78, 5) is 15.6. The van der Waals surface area contributed by atoms with Crippen molar-refractivity contribution in [1.29, 1.82) is 0 Å². The molecule has 0 radical (unpaired) electrons. The molecule has 0 saturated carbocycles. The molecule has 2 saturated heterocycles. The number of carboxylic acids is 1. The van der Waals surface area contributed by atoms with Gasteiger partial charge in [-0.25, -0.2) is 9.79 Å². The molecule has 3 heterocycles. The molecular formula is C16H25NO11. The minimum Gasteiger partial charge on any atom is -0.479 e. The Morgan fingerprint density at radius 3 is 2.36 bits per heavy atom. The van der Waals surface area contributed by atoms with E-state index in [0.717, 1.165) is 0 Å². The lowest BCUT2D eigenvalue weighted by Crippen LogP contribution is -2.64. The number of aliphatic carboxylic acids is 1. The molecule has 3 aliphatic heterocycles. The van der Waals surface area contributed by atoms with Crippen molar-refractivity contribution in [3.8, 4) is 0 Å². The molecule has 0 aromatic carbocycles. The van der Waals surface area contributed by atoms with E-state index in [1.807, 2.05) is 13.8 Å². The predicted molar refractivity (Wildman–Crippen MR) is 88.1 cm³/mol. The summed E-state index contributed by atoms with van der Waals surface area (Å²) in [5, 5.41) is 58.9. The SMILES string of the molecule is CC(C)C1=N[C@@H]2[C@H](O1)O[C@H](CO)[C@@H](O)[C@@H]2O[C@@H]1O[C@H](C(=O)O)[C@@H](O)[C@H](O)[C@H]1O. The fraction of sp³-hybridized carbons (Fsp3) is 0.875. The number of carboxylic acid groups (broad SMARTS) is 1. The maximum Gasteiger partial charge on any atom is 0.335 e. The van der Waals surface area contributed by atoms with Crippen LogP contribution in [0.2, 0.25) is 0 Å². The number of carbonyl (C=O) groups is 1. The molecule has 2 fully saturated rings. The van der Waals surface area contributed by atoms with Gasteiger partial charge in [-0.1, -0.05) is 13.8 Å². The Labute approximate surface area is 159 Å². The molecule has 12 heteroatoms. The average molecular weight is 407 g/mol. The van der Waals surface area contributed by atoms with Crippen molar-refractivity contribution in [3.05, 3.63) is 0 Å². The third-order valence-electron chi connectivity index (χ3n) is 4.93. The lowest BCUT2D eigenvalue weighted by atomic mass is 9.96. The van der Waals surface area contributed by atoms with Crippen LogP contribution >= 0.6 is 0 Å². The van der Waals surface area contributed by atoms with Crippen molar-refractivity contribution in [3.63, 3.8) is 0 Å². The van der Waals surface area contributed by atoms with Crippen LogP contribution in [-0.4, -0.2) is 110 Å². The molecule has 0 unspecified atom stereocenters. The molecule has 160 valence electrons. The predicted octanol–water partition coefficient (Wildman–Crippen LogP) is -3.20. The van der Waals surface area contributed by atoms with Crippen LogP contribution in [0.15, 0.2) is 4.99 Å². The minimum absolute atomic E-state index is 0.0931. The summed E-state index contributed by atoms with van der Waals surface area (Å²) in [7, 11) is 0. The Morgan fingerprint density at radius 2 is 1.79 bits per heavy atom. The lowest BCUT2D eigenvalue weighted by Gasteiger charge is -2.44. The van der Waals surface area contributed by atoms with Gasteiger partial charge in [0.1, 0.15) is 42.7 Å².